The summed E-state index contributed by atoms with van der Waals surface area (Å²) in [6, 6.07) is 0. The van der Waals surface area contributed by atoms with E-state index in [9.17, 15) is 19.2 Å². The molecular weight excluding hydrogens is 432 g/mol. The van der Waals surface area contributed by atoms with E-state index in [0.717, 1.165) is 6.42 Å². The number of amides is 2. The van der Waals surface area contributed by atoms with Crippen LogP contribution in [0.5, 0.6) is 0 Å². The maximum atomic E-state index is 11.9. The van der Waals surface area contributed by atoms with Crippen molar-refractivity contribution in [3.05, 3.63) is 24.3 Å². The van der Waals surface area contributed by atoms with Crippen molar-refractivity contribution in [2.24, 2.45) is 11.3 Å². The van der Waals surface area contributed by atoms with Gasteiger partial charge in [0.05, 0.1) is 0 Å². The zero-order valence-corrected chi connectivity index (χ0v) is 20.7. The molecule has 2 N–H and O–H groups in total. The summed E-state index contributed by atoms with van der Waals surface area (Å²) in [7, 11) is 0. The molecule has 0 saturated carbocycles. The maximum absolute atomic E-state index is 11.9. The van der Waals surface area contributed by atoms with E-state index in [2.05, 4.69) is 23.8 Å². The van der Waals surface area contributed by atoms with Crippen LogP contribution in [0.1, 0.15) is 61.3 Å². The summed E-state index contributed by atoms with van der Waals surface area (Å²) >= 11 is 0. The predicted molar refractivity (Wildman–Crippen MR) is 122 cm³/mol. The number of alkyl carbamates (subject to hydrolysis) is 2. The molecule has 33 heavy (non-hydrogen) atoms. The second kappa shape index (κ2) is 14.2. The number of carbonyl (C=O) groups excluding carboxylic acids is 4. The van der Waals surface area contributed by atoms with Crippen molar-refractivity contribution in [3.8, 4) is 0 Å². The Morgan fingerprint density at radius 3 is 1.64 bits per heavy atom. The number of hydrogen-bond donors (Lipinski definition) is 2. The topological polar surface area (TPSA) is 129 Å². The zero-order chi connectivity index (χ0) is 25.8. The molecule has 0 aliphatic carbocycles. The molecule has 0 aromatic carbocycles. The van der Waals surface area contributed by atoms with Gasteiger partial charge in [-0.1, -0.05) is 33.9 Å². The molecule has 0 aromatic rings. The molecule has 0 fully saturated rings. The van der Waals surface area contributed by atoms with E-state index >= 15 is 0 Å². The summed E-state index contributed by atoms with van der Waals surface area (Å²) in [5.74, 6) is -1.04. The van der Waals surface area contributed by atoms with Crippen LogP contribution >= 0.6 is 0 Å². The lowest BCUT2D eigenvalue weighted by Crippen LogP contribution is -2.37. The molecule has 0 aromatic heterocycles. The Balaban J connectivity index is 4.23. The molecule has 10 nitrogen and oxygen atoms in total. The van der Waals surface area contributed by atoms with Crippen molar-refractivity contribution in [2.75, 3.05) is 13.1 Å². The van der Waals surface area contributed by atoms with E-state index in [1.807, 2.05) is 20.8 Å². The Hall–Kier alpha value is -3.04. The van der Waals surface area contributed by atoms with Crippen LogP contribution in [-0.4, -0.2) is 49.8 Å². The van der Waals surface area contributed by atoms with Gasteiger partial charge >= 0.3 is 24.1 Å². The highest BCUT2D eigenvalue weighted by atomic mass is 16.7. The lowest BCUT2D eigenvalue weighted by molar-refractivity contribution is -0.161. The molecule has 2 amide bonds. The Morgan fingerprint density at radius 2 is 1.21 bits per heavy atom. The highest BCUT2D eigenvalue weighted by Crippen LogP contribution is 2.26. The molecule has 188 valence electrons. The molecule has 0 heterocycles. The molecule has 3 atom stereocenters. The van der Waals surface area contributed by atoms with Crippen LogP contribution < -0.4 is 10.6 Å². The summed E-state index contributed by atoms with van der Waals surface area (Å²) in [4.78, 5) is 46.6. The van der Waals surface area contributed by atoms with Gasteiger partial charge in [-0.3, -0.25) is 0 Å². The normalized spacial score (nSPS) is 13.5. The van der Waals surface area contributed by atoms with Gasteiger partial charge in [0.1, 0.15) is 0 Å². The first kappa shape index (κ1) is 30.0. The van der Waals surface area contributed by atoms with E-state index in [0.29, 0.717) is 19.5 Å². The second-order valence-electron chi connectivity index (χ2n) is 8.86. The average molecular weight is 471 g/mol. The smallest absolute Gasteiger partial charge is 0.410 e. The first-order valence-corrected chi connectivity index (χ1v) is 10.7. The fourth-order valence-electron chi connectivity index (χ4n) is 2.79. The molecule has 0 aliphatic heterocycles. The third-order valence-electron chi connectivity index (χ3n) is 4.31. The Kier molecular flexibility index (Phi) is 12.9. The molecule has 0 bridgehead atoms. The average Bonchev–Trinajstić information content (AvgIpc) is 2.65. The molecule has 0 radical (unpaired) electrons. The lowest BCUT2D eigenvalue weighted by Gasteiger charge is -2.28. The number of carbonyl (C=O) groups is 4. The largest absolute Gasteiger partial charge is 0.422 e. The monoisotopic (exact) mass is 470 g/mol. The lowest BCUT2D eigenvalue weighted by atomic mass is 9.82. The SMILES string of the molecule is C=C(C)C(=O)OC(C)OC(=O)NCCC(C)CC(C)(C)CNC(=O)OC(C)OC(=O)C(=C)C. The third-order valence-corrected chi connectivity index (χ3v) is 4.31. The summed E-state index contributed by atoms with van der Waals surface area (Å²) in [5.41, 5.74) is 0.178. The highest BCUT2D eigenvalue weighted by molar-refractivity contribution is 5.87. The minimum absolute atomic E-state index is 0.212. The number of nitrogens with one attached hydrogen (secondary N) is 2. The van der Waals surface area contributed by atoms with Gasteiger partial charge in [0, 0.05) is 38.1 Å². The van der Waals surface area contributed by atoms with Gasteiger partial charge in [-0.25, -0.2) is 19.2 Å². The Labute approximate surface area is 196 Å². The summed E-state index contributed by atoms with van der Waals surface area (Å²) in [6.07, 6.45) is -2.00. The van der Waals surface area contributed by atoms with Crippen molar-refractivity contribution in [2.45, 2.75) is 73.9 Å². The Morgan fingerprint density at radius 1 is 0.788 bits per heavy atom. The molecule has 10 heteroatoms. The number of hydrogen-bond acceptors (Lipinski definition) is 8. The quantitative estimate of drug-likeness (QED) is 0.236. The van der Waals surface area contributed by atoms with Crippen molar-refractivity contribution >= 4 is 24.1 Å². The van der Waals surface area contributed by atoms with Crippen molar-refractivity contribution in [3.63, 3.8) is 0 Å². The second-order valence-corrected chi connectivity index (χ2v) is 8.86. The van der Waals surface area contributed by atoms with E-state index in [1.54, 1.807) is 0 Å². The van der Waals surface area contributed by atoms with Gasteiger partial charge in [0.2, 0.25) is 12.6 Å². The van der Waals surface area contributed by atoms with Crippen LogP contribution in [0.2, 0.25) is 0 Å². The Bertz CT molecular complexity index is 732. The number of rotatable bonds is 13. The fourth-order valence-corrected chi connectivity index (χ4v) is 2.79. The molecule has 0 aliphatic rings. The molecule has 0 rings (SSSR count). The standard InChI is InChI=1S/C23H38N2O8/c1-14(2)19(26)30-17(6)32-21(28)24-11-10-16(5)12-23(8,9)13-25-22(29)33-18(7)31-20(27)15(3)4/h16-18H,1,3,10-13H2,2,4-9H3,(H,24,28)(H,25,29). The van der Waals surface area contributed by atoms with Crippen LogP contribution in [0.25, 0.3) is 0 Å². The van der Waals surface area contributed by atoms with Crippen molar-refractivity contribution in [1.82, 2.24) is 10.6 Å². The third kappa shape index (κ3) is 14.6. The summed E-state index contributed by atoms with van der Waals surface area (Å²) in [6.45, 7) is 19.5. The molecule has 3 unspecified atom stereocenters. The van der Waals surface area contributed by atoms with Crippen LogP contribution in [0, 0.1) is 11.3 Å². The summed E-state index contributed by atoms with van der Waals surface area (Å²) in [5, 5.41) is 5.28. The van der Waals surface area contributed by atoms with Crippen molar-refractivity contribution < 1.29 is 38.1 Å². The van der Waals surface area contributed by atoms with Gasteiger partial charge in [0.15, 0.2) is 0 Å². The summed E-state index contributed by atoms with van der Waals surface area (Å²) < 4.78 is 19.7. The van der Waals surface area contributed by atoms with Gasteiger partial charge in [0.25, 0.3) is 0 Å². The minimum atomic E-state index is -1.03. The molecular formula is C23H38N2O8. The van der Waals surface area contributed by atoms with Crippen LogP contribution in [0.3, 0.4) is 0 Å². The van der Waals surface area contributed by atoms with E-state index in [-0.39, 0.29) is 22.5 Å². The molecule has 0 spiro atoms. The first-order valence-electron chi connectivity index (χ1n) is 10.7. The van der Waals surface area contributed by atoms with E-state index < -0.39 is 36.7 Å². The minimum Gasteiger partial charge on any atom is -0.422 e. The number of esters is 2. The van der Waals surface area contributed by atoms with Crippen LogP contribution in [0.15, 0.2) is 24.3 Å². The van der Waals surface area contributed by atoms with E-state index in [1.165, 1.54) is 27.7 Å². The van der Waals surface area contributed by atoms with Gasteiger partial charge in [-0.05, 0) is 38.0 Å². The molecule has 0 saturated heterocycles. The van der Waals surface area contributed by atoms with Crippen LogP contribution in [-0.2, 0) is 28.5 Å². The van der Waals surface area contributed by atoms with Crippen LogP contribution in [0.4, 0.5) is 9.59 Å². The van der Waals surface area contributed by atoms with Gasteiger partial charge in [-0.2, -0.15) is 0 Å². The first-order chi connectivity index (χ1) is 15.1. The van der Waals surface area contributed by atoms with E-state index in [4.69, 9.17) is 18.9 Å². The van der Waals surface area contributed by atoms with Gasteiger partial charge in [-0.15, -0.1) is 0 Å². The number of ether oxygens (including phenoxy) is 4. The zero-order valence-electron chi connectivity index (χ0n) is 20.7. The van der Waals surface area contributed by atoms with Crippen molar-refractivity contribution in [1.29, 1.82) is 0 Å². The van der Waals surface area contributed by atoms with Gasteiger partial charge < -0.3 is 29.6 Å². The predicted octanol–water partition coefficient (Wildman–Crippen LogP) is 3.81. The highest BCUT2D eigenvalue weighted by Gasteiger charge is 2.23. The fraction of sp³-hybridized carbons (Fsp3) is 0.652. The maximum Gasteiger partial charge on any atom is 0.410 e.